The second-order valence-electron chi connectivity index (χ2n) is 5.31. The summed E-state index contributed by atoms with van der Waals surface area (Å²) in [5.74, 6) is 0.360. The molecule has 0 radical (unpaired) electrons. The number of rotatable bonds is 4. The van der Waals surface area contributed by atoms with Crippen LogP contribution < -0.4 is 4.74 Å². The van der Waals surface area contributed by atoms with Crippen LogP contribution in [0.1, 0.15) is 26.3 Å². The van der Waals surface area contributed by atoms with E-state index >= 15 is 0 Å². The Hall–Kier alpha value is -2.42. The van der Waals surface area contributed by atoms with Crippen molar-refractivity contribution in [3.63, 3.8) is 0 Å². The minimum absolute atomic E-state index is 0.00152. The molecule has 0 fully saturated rings. The molecule has 0 amide bonds. The fraction of sp³-hybridized carbons (Fsp3) is 0.222. The lowest BCUT2D eigenvalue weighted by molar-refractivity contribution is 0.232. The van der Waals surface area contributed by atoms with Crippen LogP contribution in [-0.4, -0.2) is 16.3 Å². The molecule has 0 bridgehead atoms. The van der Waals surface area contributed by atoms with Gasteiger partial charge in [0.2, 0.25) is 0 Å². The molecular formula is C18H20O3. The van der Waals surface area contributed by atoms with Gasteiger partial charge >= 0.3 is 0 Å². The molecule has 0 aliphatic carbocycles. The molecule has 0 aromatic heterocycles. The number of aromatic hydroxyl groups is 2. The molecule has 2 aromatic rings. The van der Waals surface area contributed by atoms with Gasteiger partial charge < -0.3 is 14.9 Å². The average Bonchev–Trinajstić information content (AvgIpc) is 2.43. The first kappa shape index (κ1) is 15.0. The second kappa shape index (κ2) is 5.92. The van der Waals surface area contributed by atoms with E-state index in [0.29, 0.717) is 22.4 Å². The number of phenolic OH excluding ortho intramolecular Hbond substituents is 2. The molecule has 0 spiro atoms. The molecule has 0 aliphatic heterocycles. The van der Waals surface area contributed by atoms with E-state index in [9.17, 15) is 10.2 Å². The number of hydrogen-bond donors (Lipinski definition) is 2. The van der Waals surface area contributed by atoms with Crippen LogP contribution in [-0.2, 0) is 0 Å². The average molecular weight is 284 g/mol. The van der Waals surface area contributed by atoms with Gasteiger partial charge in [-0.25, -0.2) is 0 Å². The first-order chi connectivity index (χ1) is 9.91. The third-order valence-electron chi connectivity index (χ3n) is 3.11. The Labute approximate surface area is 125 Å². The van der Waals surface area contributed by atoms with Crippen molar-refractivity contribution in [1.29, 1.82) is 0 Å². The summed E-state index contributed by atoms with van der Waals surface area (Å²) < 4.78 is 5.71. The lowest BCUT2D eigenvalue weighted by atomic mass is 9.96. The highest BCUT2D eigenvalue weighted by molar-refractivity contribution is 5.86. The van der Waals surface area contributed by atoms with E-state index in [1.807, 2.05) is 44.2 Å². The predicted octanol–water partition coefficient (Wildman–Crippen LogP) is 4.59. The molecule has 0 unspecified atom stereocenters. The zero-order valence-electron chi connectivity index (χ0n) is 12.6. The van der Waals surface area contributed by atoms with Crippen molar-refractivity contribution in [1.82, 2.24) is 0 Å². The van der Waals surface area contributed by atoms with Gasteiger partial charge in [-0.2, -0.15) is 0 Å². The Morgan fingerprint density at radius 2 is 1.76 bits per heavy atom. The largest absolute Gasteiger partial charge is 0.507 e. The SMILES string of the molecule is C=C(C)c1cc(O)c(OC(C)C)c(-c2ccccc2)c1O. The van der Waals surface area contributed by atoms with Gasteiger partial charge in [-0.05, 0) is 38.0 Å². The lowest BCUT2D eigenvalue weighted by Crippen LogP contribution is -2.07. The van der Waals surface area contributed by atoms with E-state index in [-0.39, 0.29) is 17.6 Å². The fourth-order valence-corrected chi connectivity index (χ4v) is 2.19. The Balaban J connectivity index is 2.76. The molecule has 2 aromatic carbocycles. The number of allylic oxidation sites excluding steroid dienone is 1. The molecule has 0 heterocycles. The van der Waals surface area contributed by atoms with E-state index in [1.165, 1.54) is 6.07 Å². The third-order valence-corrected chi connectivity index (χ3v) is 3.11. The van der Waals surface area contributed by atoms with E-state index in [0.717, 1.165) is 5.56 Å². The normalized spacial score (nSPS) is 10.7. The molecule has 21 heavy (non-hydrogen) atoms. The maximum Gasteiger partial charge on any atom is 0.172 e. The summed E-state index contributed by atoms with van der Waals surface area (Å²) in [6.45, 7) is 9.37. The van der Waals surface area contributed by atoms with Crippen LogP contribution in [0.25, 0.3) is 16.7 Å². The number of benzene rings is 2. The van der Waals surface area contributed by atoms with Crippen molar-refractivity contribution in [3.05, 3.63) is 48.5 Å². The summed E-state index contributed by atoms with van der Waals surface area (Å²) >= 11 is 0. The minimum atomic E-state index is -0.117. The minimum Gasteiger partial charge on any atom is -0.507 e. The zero-order chi connectivity index (χ0) is 15.6. The molecule has 0 atom stereocenters. The Morgan fingerprint density at radius 3 is 2.29 bits per heavy atom. The number of hydrogen-bond acceptors (Lipinski definition) is 3. The summed E-state index contributed by atoms with van der Waals surface area (Å²) in [6.07, 6.45) is -0.117. The van der Waals surface area contributed by atoms with Gasteiger partial charge in [0.15, 0.2) is 11.5 Å². The Morgan fingerprint density at radius 1 is 1.14 bits per heavy atom. The van der Waals surface area contributed by atoms with Crippen LogP contribution in [0.2, 0.25) is 0 Å². The van der Waals surface area contributed by atoms with Gasteiger partial charge in [-0.1, -0.05) is 36.9 Å². The van der Waals surface area contributed by atoms with E-state index in [4.69, 9.17) is 4.74 Å². The van der Waals surface area contributed by atoms with Crippen LogP contribution in [0, 0.1) is 0 Å². The smallest absolute Gasteiger partial charge is 0.172 e. The van der Waals surface area contributed by atoms with Crippen LogP contribution in [0.3, 0.4) is 0 Å². The van der Waals surface area contributed by atoms with Crippen LogP contribution in [0.4, 0.5) is 0 Å². The second-order valence-corrected chi connectivity index (χ2v) is 5.31. The topological polar surface area (TPSA) is 49.7 Å². The van der Waals surface area contributed by atoms with Gasteiger partial charge in [0.25, 0.3) is 0 Å². The maximum absolute atomic E-state index is 10.6. The first-order valence-electron chi connectivity index (χ1n) is 6.88. The van der Waals surface area contributed by atoms with E-state index in [1.54, 1.807) is 6.92 Å². The number of ether oxygens (including phenoxy) is 1. The number of phenols is 2. The predicted molar refractivity (Wildman–Crippen MR) is 85.7 cm³/mol. The van der Waals surface area contributed by atoms with Crippen LogP contribution in [0.5, 0.6) is 17.2 Å². The molecule has 0 aliphatic rings. The Bertz CT molecular complexity index is 658. The van der Waals surface area contributed by atoms with Crippen molar-refractivity contribution < 1.29 is 14.9 Å². The summed E-state index contributed by atoms with van der Waals surface area (Å²) in [5, 5.41) is 20.9. The highest BCUT2D eigenvalue weighted by atomic mass is 16.5. The van der Waals surface area contributed by atoms with Gasteiger partial charge in [-0.15, -0.1) is 0 Å². The molecular weight excluding hydrogens is 264 g/mol. The van der Waals surface area contributed by atoms with Crippen LogP contribution >= 0.6 is 0 Å². The van der Waals surface area contributed by atoms with Gasteiger partial charge in [-0.3, -0.25) is 0 Å². The van der Waals surface area contributed by atoms with Crippen molar-refractivity contribution in [2.45, 2.75) is 26.9 Å². The van der Waals surface area contributed by atoms with E-state index < -0.39 is 0 Å². The summed E-state index contributed by atoms with van der Waals surface area (Å²) in [6, 6.07) is 10.9. The monoisotopic (exact) mass is 284 g/mol. The fourth-order valence-electron chi connectivity index (χ4n) is 2.19. The summed E-state index contributed by atoms with van der Waals surface area (Å²) in [4.78, 5) is 0. The van der Waals surface area contributed by atoms with Crippen molar-refractivity contribution in [3.8, 4) is 28.4 Å². The standard InChI is InChI=1S/C18H20O3/c1-11(2)14-10-15(19)18(21-12(3)4)16(17(14)20)13-8-6-5-7-9-13/h5-10,12,19-20H,1H2,2-4H3. The summed E-state index contributed by atoms with van der Waals surface area (Å²) in [7, 11) is 0. The Kier molecular flexibility index (Phi) is 4.22. The quantitative estimate of drug-likeness (QED) is 0.808. The van der Waals surface area contributed by atoms with Crippen molar-refractivity contribution >= 4 is 5.57 Å². The first-order valence-corrected chi connectivity index (χ1v) is 6.88. The third kappa shape index (κ3) is 3.02. The molecule has 0 saturated heterocycles. The van der Waals surface area contributed by atoms with Gasteiger partial charge in [0, 0.05) is 5.56 Å². The highest BCUT2D eigenvalue weighted by Crippen LogP contribution is 2.47. The van der Waals surface area contributed by atoms with Gasteiger partial charge in [0.1, 0.15) is 5.75 Å². The van der Waals surface area contributed by atoms with E-state index in [2.05, 4.69) is 6.58 Å². The van der Waals surface area contributed by atoms with Gasteiger partial charge in [0.05, 0.1) is 11.7 Å². The molecule has 2 N–H and O–H groups in total. The molecule has 0 saturated carbocycles. The molecule has 110 valence electrons. The molecule has 3 nitrogen and oxygen atoms in total. The molecule has 3 heteroatoms. The molecule has 2 rings (SSSR count). The maximum atomic E-state index is 10.6. The highest BCUT2D eigenvalue weighted by Gasteiger charge is 2.21. The summed E-state index contributed by atoms with van der Waals surface area (Å²) in [5.41, 5.74) is 2.46. The lowest BCUT2D eigenvalue weighted by Gasteiger charge is -2.19. The van der Waals surface area contributed by atoms with Crippen molar-refractivity contribution in [2.75, 3.05) is 0 Å². The zero-order valence-corrected chi connectivity index (χ0v) is 12.6. The van der Waals surface area contributed by atoms with Crippen LogP contribution in [0.15, 0.2) is 43.0 Å². The van der Waals surface area contributed by atoms with Crippen molar-refractivity contribution in [2.24, 2.45) is 0 Å².